The van der Waals surface area contributed by atoms with Crippen molar-refractivity contribution in [1.29, 1.82) is 0 Å². The van der Waals surface area contributed by atoms with Crippen LogP contribution in [0.2, 0.25) is 0 Å². The Labute approximate surface area is 616 Å². The van der Waals surface area contributed by atoms with Gasteiger partial charge in [0.2, 0.25) is 0 Å². The molecule has 0 nitrogen and oxygen atoms in total. The topological polar surface area (TPSA) is 0 Å². The molecule has 0 aliphatic heterocycles. The Morgan fingerprint density at radius 2 is 0.478 bits per heavy atom. The van der Waals surface area contributed by atoms with Crippen LogP contribution in [0, 0.1) is 144 Å². The van der Waals surface area contributed by atoms with E-state index in [4.69, 9.17) is 0 Å². The summed E-state index contributed by atoms with van der Waals surface area (Å²) in [6.45, 7) is 50.9. The van der Waals surface area contributed by atoms with Gasteiger partial charge in [-0.05, 0) is 69.2 Å². The van der Waals surface area contributed by atoms with Crippen molar-refractivity contribution in [3.8, 4) is 0 Å². The standard InChI is InChI=1S/6C12H13.3C3H7.3CH3Si.3Zr/c2*1-8-4-11-6-9(2)10(3)7-12(11)5-8;2*1-8-4-10(3)12-7-9(2)6-11(12)5-8;2*1-8-6-11-9(2)4-5-10(3)12(11)7-8;3*1-3-2;3*1-2;;;/h6*4-7H,1-3H3;3*3H,1-2H3;3*1H,2H2;;;/q12*-1;3*+4. The van der Waals surface area contributed by atoms with E-state index >= 15 is 0 Å². The van der Waals surface area contributed by atoms with Crippen molar-refractivity contribution in [2.75, 3.05) is 0 Å². The van der Waals surface area contributed by atoms with E-state index < -0.39 is 0 Å². The number of hydrogen-bond acceptors (Lipinski definition) is 0. The van der Waals surface area contributed by atoms with E-state index in [-0.39, 0.29) is 78.6 Å². The fraction of sp³-hybridized carbons (Fsp3) is 0.286. The molecule has 0 fully saturated rings. The first-order valence-electron chi connectivity index (χ1n) is 30.6. The molecule has 12 rings (SSSR count). The zero-order valence-corrected chi connectivity index (χ0v) is 71.6. The van der Waals surface area contributed by atoms with Crippen LogP contribution < -0.4 is 0 Å². The largest absolute Gasteiger partial charge is 4.00 e. The number of benzene rings is 6. The molecule has 0 atom stereocenters. The zero-order chi connectivity index (χ0) is 66.4. The van der Waals surface area contributed by atoms with Crippen LogP contribution in [0.25, 0.3) is 64.6 Å². The van der Waals surface area contributed by atoms with E-state index in [0.717, 1.165) is 0 Å². The predicted molar refractivity (Wildman–Crippen MR) is 413 cm³/mol. The van der Waals surface area contributed by atoms with Gasteiger partial charge in [0.05, 0.1) is 0 Å². The van der Waals surface area contributed by atoms with E-state index in [2.05, 4.69) is 289 Å². The summed E-state index contributed by atoms with van der Waals surface area (Å²) in [4.78, 5) is 0. The summed E-state index contributed by atoms with van der Waals surface area (Å²) in [7, 11) is 4.08. The van der Waals surface area contributed by atoms with Crippen LogP contribution in [0.5, 0.6) is 0 Å². The molecule has 0 unspecified atom stereocenters. The molecule has 6 heteroatoms. The molecule has 0 aromatic heterocycles. The van der Waals surface area contributed by atoms with Gasteiger partial charge in [-0.1, -0.05) is 135 Å². The fourth-order valence-electron chi connectivity index (χ4n) is 10.4. The van der Waals surface area contributed by atoms with Crippen LogP contribution >= 0.6 is 0 Å². The maximum Gasteiger partial charge on any atom is 4.00 e. The summed E-state index contributed by atoms with van der Waals surface area (Å²) in [6, 6.07) is 53.8. The normalized spacial score (nSPS) is 9.47. The maximum atomic E-state index is 4.53. The van der Waals surface area contributed by atoms with E-state index in [1.54, 1.807) is 0 Å². The first kappa shape index (κ1) is 90.1. The van der Waals surface area contributed by atoms with Crippen molar-refractivity contribution in [1.82, 2.24) is 0 Å². The Kier molecular flexibility index (Phi) is 46.9. The van der Waals surface area contributed by atoms with Crippen molar-refractivity contribution >= 4 is 113 Å². The van der Waals surface area contributed by atoms with E-state index in [1.165, 1.54) is 194 Å². The van der Waals surface area contributed by atoms with Crippen molar-refractivity contribution in [2.24, 2.45) is 0 Å². The number of aryl methyl sites for hydroxylation is 18. The molecule has 12 aromatic rings. The van der Waals surface area contributed by atoms with E-state index in [1.807, 2.05) is 60.8 Å². The average Bonchev–Trinajstić information content (AvgIpc) is 2.23. The van der Waals surface area contributed by atoms with Gasteiger partial charge in [0.15, 0.2) is 0 Å². The third-order valence-corrected chi connectivity index (χ3v) is 14.5. The molecule has 0 spiro atoms. The molecular formula is C84H108Si3Zr3. The number of hydrogen-bond donors (Lipinski definition) is 0. The molecule has 0 saturated carbocycles. The maximum absolute atomic E-state index is 4.53. The van der Waals surface area contributed by atoms with Crippen LogP contribution in [0.4, 0.5) is 0 Å². The minimum Gasteiger partial charge on any atom is -0.533 e. The number of rotatable bonds is 0. The van der Waals surface area contributed by atoms with Crippen molar-refractivity contribution < 1.29 is 78.6 Å². The van der Waals surface area contributed by atoms with Crippen LogP contribution in [0.3, 0.4) is 0 Å². The summed E-state index contributed by atoms with van der Waals surface area (Å²) in [5, 5.41) is 16.7. The first-order chi connectivity index (χ1) is 41.3. The van der Waals surface area contributed by atoms with Crippen LogP contribution in [-0.4, -0.2) is 48.1 Å². The molecule has 0 aliphatic carbocycles. The second kappa shape index (κ2) is 46.9. The van der Waals surface area contributed by atoms with Gasteiger partial charge < -0.3 is 37.8 Å². The zero-order valence-electron chi connectivity index (χ0n) is 59.9. The SMILES string of the molecule is C[CH-]C.C[CH-]C.C[CH-]C.Cc1cc(C)c2cc(C)[cH-]c2c1.Cc1cc(C)c2cc(C)[cH-]c2c1.Cc1cc2c(C)ccc(C)c2[cH-]1.Cc1cc2c(C)ccc(C)c2[cH-]1.Cc1cc2cc(C)c(C)cc2[cH-]1.Cc1cc2cc(C)c(C)cc2[cH-]1.[CH-]=[SiH2].[CH-]=[SiH2].[CH-]=[SiH2].[Zr+4].[Zr+4].[Zr+4]. The molecule has 90 heavy (non-hydrogen) atoms. The quantitative estimate of drug-likeness (QED) is 0.105. The summed E-state index contributed by atoms with van der Waals surface area (Å²) >= 11 is 0. The second-order valence-electron chi connectivity index (χ2n) is 23.3. The summed E-state index contributed by atoms with van der Waals surface area (Å²) in [5.41, 5.74) is 24.7. The van der Waals surface area contributed by atoms with Crippen LogP contribution in [0.15, 0.2) is 146 Å². The Balaban J connectivity index is -0.000000960. The second-order valence-corrected chi connectivity index (χ2v) is 23.3. The summed E-state index contributed by atoms with van der Waals surface area (Å²) in [5.74, 6) is 0. The van der Waals surface area contributed by atoms with Gasteiger partial charge in [0.25, 0.3) is 0 Å². The van der Waals surface area contributed by atoms with Gasteiger partial charge in [-0.15, -0.1) is 194 Å². The Morgan fingerprint density at radius 3 is 0.767 bits per heavy atom. The molecule has 0 N–H and O–H groups in total. The smallest absolute Gasteiger partial charge is 0.533 e. The molecule has 0 aliphatic rings. The minimum atomic E-state index is 0. The van der Waals surface area contributed by atoms with Crippen LogP contribution in [0.1, 0.15) is 142 Å². The van der Waals surface area contributed by atoms with Crippen molar-refractivity contribution in [3.05, 3.63) is 265 Å². The average molecular weight is 1480 g/mol. The van der Waals surface area contributed by atoms with Gasteiger partial charge in [-0.2, -0.15) is 77.9 Å². The van der Waals surface area contributed by atoms with Crippen LogP contribution in [-0.2, 0) is 78.6 Å². The van der Waals surface area contributed by atoms with E-state index in [9.17, 15) is 0 Å². The van der Waals surface area contributed by atoms with E-state index in [0.29, 0.717) is 0 Å². The third-order valence-electron chi connectivity index (χ3n) is 14.5. The minimum absolute atomic E-state index is 0. The monoisotopic (exact) mass is 1470 g/mol. The third kappa shape index (κ3) is 28.6. The molecule has 468 valence electrons. The Morgan fingerprint density at radius 1 is 0.244 bits per heavy atom. The fourth-order valence-corrected chi connectivity index (χ4v) is 10.4. The Bertz CT molecular complexity index is 3550. The molecule has 0 heterocycles. The molecular weight excluding hydrogens is 1370 g/mol. The summed E-state index contributed by atoms with van der Waals surface area (Å²) in [6.07, 6.45) is 19.6. The van der Waals surface area contributed by atoms with Gasteiger partial charge >= 0.3 is 78.6 Å². The van der Waals surface area contributed by atoms with Crippen molar-refractivity contribution in [3.63, 3.8) is 0 Å². The molecule has 0 bridgehead atoms. The van der Waals surface area contributed by atoms with Gasteiger partial charge in [-0.25, -0.2) is 29.6 Å². The van der Waals surface area contributed by atoms with Gasteiger partial charge in [-0.3, -0.25) is 0 Å². The summed E-state index contributed by atoms with van der Waals surface area (Å²) < 4.78 is 0. The molecule has 0 amide bonds. The van der Waals surface area contributed by atoms with Crippen molar-refractivity contribution in [2.45, 2.75) is 166 Å². The molecule has 12 aromatic carbocycles. The Hall–Kier alpha value is -4.11. The number of fused-ring (bicyclic) bond motifs is 6. The first-order valence-corrected chi connectivity index (χ1v) is 33.0. The predicted octanol–water partition coefficient (Wildman–Crippen LogP) is 21.4. The molecule has 0 saturated heterocycles. The van der Waals surface area contributed by atoms with Gasteiger partial charge in [0.1, 0.15) is 0 Å². The molecule has 0 radical (unpaired) electrons. The van der Waals surface area contributed by atoms with Gasteiger partial charge in [0, 0.05) is 0 Å².